The van der Waals surface area contributed by atoms with Gasteiger partial charge in [-0.3, -0.25) is 0 Å². The fourth-order valence-electron chi connectivity index (χ4n) is 17.1. The number of rotatable bonds is 13. The van der Waals surface area contributed by atoms with Gasteiger partial charge in [0.25, 0.3) is 0 Å². The minimum atomic E-state index is -0.379. The Labute approximate surface area is 691 Å². The molecule has 4 aliphatic carbocycles. The van der Waals surface area contributed by atoms with Gasteiger partial charge in [0.15, 0.2) is 0 Å². The molecule has 0 saturated carbocycles. The smallest absolute Gasteiger partial charge is 0.130 e. The van der Waals surface area contributed by atoms with Gasteiger partial charge in [0.1, 0.15) is 34.8 Å². The second-order valence-corrected chi connectivity index (χ2v) is 31.1. The Kier molecular flexibility index (Phi) is 21.4. The van der Waals surface area contributed by atoms with Crippen LogP contribution < -0.4 is 31.3 Å². The number of pyridine rings is 5. The zero-order chi connectivity index (χ0) is 80.5. The molecule has 0 unspecified atom stereocenters. The lowest BCUT2D eigenvalue weighted by molar-refractivity contribution is 0.415. The topological polar surface area (TPSA) is 134 Å². The Hall–Kier alpha value is -14.8. The molecule has 11 nitrogen and oxygen atoms in total. The standard InChI is InChI=1S/C30H20N2.C30H22N2.C20H18N2.C15H18N2.C12H12N2O/c1-4-12-25-21(9-1)22-10-2-5-13-26(22)30(25)27-14-6-3-11-23(27)24-17-16-20(19-28(24)30)32-29-15-7-8-18-31-29;1-3-11-22(12-4-1)30(23-13-5-2-6-14-23)27-16-8-7-15-25(27)26-19-18-24(21-28(26)30)32-29-17-9-10-20-31-29;1-20(2)17-8-4-3-7-15(17)16-11-10-14(13-18(16)20)22-19-9-5-6-12-21-19;1-15(2,3)12-7-9-13(10-8-12)17-14-6-4-5-11-16-14;1-15-11-7-5-10(6-8-11)14-12-4-2-3-9-13-12/h1-19H,(H,31,32);1-21H,(H,31,32);3-13H,1-2H3,(H,21,22);4-11H,1-3H3,(H,16,17);2-9H,1H3,(H,13,14). The highest BCUT2D eigenvalue weighted by Crippen LogP contribution is 2.63. The number of benzene rings is 12. The van der Waals surface area contributed by atoms with Gasteiger partial charge in [0, 0.05) is 64.8 Å². The van der Waals surface area contributed by atoms with Gasteiger partial charge < -0.3 is 31.3 Å². The van der Waals surface area contributed by atoms with E-state index in [0.29, 0.717) is 0 Å². The highest BCUT2D eigenvalue weighted by Gasteiger charge is 2.52. The number of hydrogen-bond acceptors (Lipinski definition) is 11. The van der Waals surface area contributed by atoms with Crippen LogP contribution in [0.5, 0.6) is 5.75 Å². The summed E-state index contributed by atoms with van der Waals surface area (Å²) in [6.07, 6.45) is 8.97. The van der Waals surface area contributed by atoms with Crippen molar-refractivity contribution in [2.24, 2.45) is 0 Å². The molecule has 574 valence electrons. The molecule has 4 aliphatic rings. The molecule has 0 bridgehead atoms. The van der Waals surface area contributed by atoms with E-state index in [-0.39, 0.29) is 21.7 Å². The zero-order valence-electron chi connectivity index (χ0n) is 66.8. The second-order valence-electron chi connectivity index (χ2n) is 31.1. The summed E-state index contributed by atoms with van der Waals surface area (Å²) in [5, 5.41) is 16.8. The summed E-state index contributed by atoms with van der Waals surface area (Å²) >= 11 is 0. The summed E-state index contributed by atoms with van der Waals surface area (Å²) in [5.41, 5.74) is 30.0. The molecule has 1 spiro atoms. The summed E-state index contributed by atoms with van der Waals surface area (Å²) in [6.45, 7) is 11.2. The van der Waals surface area contributed by atoms with Crippen LogP contribution in [0.25, 0.3) is 44.5 Å². The molecule has 17 aromatic rings. The zero-order valence-corrected chi connectivity index (χ0v) is 66.8. The fourth-order valence-corrected chi connectivity index (χ4v) is 17.1. The van der Waals surface area contributed by atoms with Crippen LogP contribution in [0.15, 0.2) is 407 Å². The van der Waals surface area contributed by atoms with Crippen LogP contribution in [0.4, 0.5) is 57.5 Å². The molecule has 5 N–H and O–H groups in total. The van der Waals surface area contributed by atoms with Crippen molar-refractivity contribution >= 4 is 57.5 Å². The molecule has 0 aliphatic heterocycles. The molecule has 0 atom stereocenters. The number of anilines is 10. The monoisotopic (exact) mass is 1530 g/mol. The van der Waals surface area contributed by atoms with Crippen LogP contribution in [-0.2, 0) is 21.7 Å². The van der Waals surface area contributed by atoms with Gasteiger partial charge in [-0.1, -0.05) is 277 Å². The Balaban J connectivity index is 0.000000109. The maximum Gasteiger partial charge on any atom is 0.130 e. The molecule has 0 radical (unpaired) electrons. The van der Waals surface area contributed by atoms with Crippen LogP contribution in [0.3, 0.4) is 0 Å². The van der Waals surface area contributed by atoms with Gasteiger partial charge in [-0.15, -0.1) is 0 Å². The SMILES string of the molecule is CC(C)(C)c1ccc(Nc2ccccn2)cc1.CC1(C)c2ccccc2-c2ccc(Nc3ccccn3)cc21.COc1ccc(Nc2ccccn2)cc1.c1ccc(C2(c3ccccc3)c3ccccc3-c3ccc(Nc4ccccn4)cc32)cc1.c1ccc(Nc2ccc3c(c2)C2(c4ccccc4-c4ccccc42)c2ccccc2-3)nc1. The van der Waals surface area contributed by atoms with E-state index in [4.69, 9.17) is 4.74 Å². The Morgan fingerprint density at radius 2 is 0.500 bits per heavy atom. The van der Waals surface area contributed by atoms with E-state index in [2.05, 4.69) is 347 Å². The number of fused-ring (bicyclic) bond motifs is 16. The number of nitrogens with one attached hydrogen (secondary N) is 5. The molecule has 0 saturated heterocycles. The first-order valence-corrected chi connectivity index (χ1v) is 40.0. The second kappa shape index (κ2) is 33.3. The van der Waals surface area contributed by atoms with Gasteiger partial charge in [0.05, 0.1) is 17.9 Å². The molecule has 5 heterocycles. The van der Waals surface area contributed by atoms with E-state index >= 15 is 0 Å². The Morgan fingerprint density at radius 1 is 0.237 bits per heavy atom. The van der Waals surface area contributed by atoms with Crippen molar-refractivity contribution in [3.05, 3.63) is 468 Å². The van der Waals surface area contributed by atoms with Crippen molar-refractivity contribution in [1.82, 2.24) is 24.9 Å². The van der Waals surface area contributed by atoms with Crippen LogP contribution in [-0.4, -0.2) is 32.0 Å². The third kappa shape index (κ3) is 15.1. The lowest BCUT2D eigenvalue weighted by Gasteiger charge is -2.34. The minimum Gasteiger partial charge on any atom is -0.497 e. The van der Waals surface area contributed by atoms with Crippen molar-refractivity contribution in [3.8, 4) is 50.3 Å². The lowest BCUT2D eigenvalue weighted by Crippen LogP contribution is -2.28. The van der Waals surface area contributed by atoms with Crippen molar-refractivity contribution in [1.29, 1.82) is 0 Å². The van der Waals surface area contributed by atoms with E-state index in [1.807, 2.05) is 128 Å². The largest absolute Gasteiger partial charge is 0.497 e. The first kappa shape index (κ1) is 75.9. The van der Waals surface area contributed by atoms with E-state index in [1.165, 1.54) is 106 Å². The number of methoxy groups -OCH3 is 1. The molecule has 21 rings (SSSR count). The summed E-state index contributed by atoms with van der Waals surface area (Å²) in [6, 6.07) is 131. The maximum atomic E-state index is 5.08. The third-order valence-corrected chi connectivity index (χ3v) is 22.6. The van der Waals surface area contributed by atoms with Gasteiger partial charge in [0.2, 0.25) is 0 Å². The molecule has 11 heteroatoms. The summed E-state index contributed by atoms with van der Waals surface area (Å²) in [7, 11) is 1.65. The summed E-state index contributed by atoms with van der Waals surface area (Å²) in [5.74, 6) is 5.12. The first-order chi connectivity index (χ1) is 57.8. The summed E-state index contributed by atoms with van der Waals surface area (Å²) < 4.78 is 5.08. The van der Waals surface area contributed by atoms with Gasteiger partial charge in [-0.25, -0.2) is 24.9 Å². The highest BCUT2D eigenvalue weighted by atomic mass is 16.5. The normalized spacial score (nSPS) is 12.9. The molecule has 0 amide bonds. The average Bonchev–Trinajstić information content (AvgIpc) is 1.44. The lowest BCUT2D eigenvalue weighted by atomic mass is 9.67. The number of nitrogens with zero attached hydrogens (tertiary/aromatic N) is 5. The minimum absolute atomic E-state index is 0.0354. The van der Waals surface area contributed by atoms with Crippen LogP contribution in [0.1, 0.15) is 95.8 Å². The number of hydrogen-bond donors (Lipinski definition) is 5. The van der Waals surface area contributed by atoms with Crippen LogP contribution in [0.2, 0.25) is 0 Å². The van der Waals surface area contributed by atoms with Crippen molar-refractivity contribution < 1.29 is 4.74 Å². The number of aromatic nitrogens is 5. The average molecular weight is 1530 g/mol. The van der Waals surface area contributed by atoms with E-state index in [0.717, 1.165) is 63.3 Å². The molecular formula is C107H90N10O. The quantitative estimate of drug-likeness (QED) is 0.0755. The fraction of sp³-hybridized carbons (Fsp3) is 0.0935. The predicted molar refractivity (Wildman–Crippen MR) is 486 cm³/mol. The van der Waals surface area contributed by atoms with Gasteiger partial charge in [-0.2, -0.15) is 0 Å². The first-order valence-electron chi connectivity index (χ1n) is 40.0. The van der Waals surface area contributed by atoms with E-state index in [1.54, 1.807) is 25.7 Å². The van der Waals surface area contributed by atoms with Crippen LogP contribution in [0, 0.1) is 0 Å². The van der Waals surface area contributed by atoms with Crippen molar-refractivity contribution in [2.45, 2.75) is 56.3 Å². The molecular weight excluding hydrogens is 1440 g/mol. The van der Waals surface area contributed by atoms with Crippen molar-refractivity contribution in [3.63, 3.8) is 0 Å². The highest BCUT2D eigenvalue weighted by molar-refractivity contribution is 5.96. The molecule has 118 heavy (non-hydrogen) atoms. The van der Waals surface area contributed by atoms with Gasteiger partial charge in [-0.05, 0) is 245 Å². The van der Waals surface area contributed by atoms with Crippen molar-refractivity contribution in [2.75, 3.05) is 33.7 Å². The van der Waals surface area contributed by atoms with Gasteiger partial charge >= 0.3 is 0 Å². The predicted octanol–water partition coefficient (Wildman–Crippen LogP) is 26.4. The summed E-state index contributed by atoms with van der Waals surface area (Å²) in [4.78, 5) is 21.6. The van der Waals surface area contributed by atoms with Crippen LogP contribution >= 0.6 is 0 Å². The molecule has 12 aromatic carbocycles. The Morgan fingerprint density at radius 3 is 0.839 bits per heavy atom. The molecule has 5 aromatic heterocycles. The maximum absolute atomic E-state index is 5.08. The Bertz CT molecular complexity index is 6060. The molecule has 0 fully saturated rings. The van der Waals surface area contributed by atoms with E-state index in [9.17, 15) is 0 Å². The third-order valence-electron chi connectivity index (χ3n) is 22.6. The van der Waals surface area contributed by atoms with E-state index < -0.39 is 0 Å². The number of ether oxygens (including phenoxy) is 1.